The van der Waals surface area contributed by atoms with Gasteiger partial charge in [0.25, 0.3) is 0 Å². The van der Waals surface area contributed by atoms with E-state index < -0.39 is 5.41 Å². The highest BCUT2D eigenvalue weighted by atomic mass is 16.5. The minimum atomic E-state index is -0.556. The van der Waals surface area contributed by atoms with Gasteiger partial charge >= 0.3 is 0 Å². The molecule has 2 aliphatic rings. The summed E-state index contributed by atoms with van der Waals surface area (Å²) in [5, 5.41) is 3.13. The Morgan fingerprint density at radius 2 is 0.845 bits per heavy atom. The summed E-state index contributed by atoms with van der Waals surface area (Å²) in [6, 6.07) is 67.7. The topological polar surface area (TPSA) is 60.8 Å². The van der Waals surface area contributed by atoms with Gasteiger partial charge in [-0.15, -0.1) is 0 Å². The summed E-state index contributed by atoms with van der Waals surface area (Å²) in [6.45, 7) is 0. The lowest BCUT2D eigenvalue weighted by molar-refractivity contribution is 0.442. The molecular formula is C53H32N4O. The zero-order valence-electron chi connectivity index (χ0n) is 31.2. The molecule has 0 saturated carbocycles. The molecule has 0 N–H and O–H groups in total. The molecule has 0 unspecified atom stereocenters. The number of hydrogen-bond acceptors (Lipinski definition) is 5. The Kier molecular flexibility index (Phi) is 7.07. The lowest BCUT2D eigenvalue weighted by Gasteiger charge is -2.40. The number of hydrogen-bond donors (Lipinski definition) is 0. The molecule has 0 amide bonds. The fraction of sp³-hybridized carbons (Fsp3) is 0.0189. The minimum Gasteiger partial charge on any atom is -0.456 e. The third kappa shape index (κ3) is 4.71. The third-order valence-corrected chi connectivity index (χ3v) is 11.8. The molecule has 3 heterocycles. The van der Waals surface area contributed by atoms with E-state index in [0.717, 1.165) is 72.2 Å². The van der Waals surface area contributed by atoms with Crippen molar-refractivity contribution in [1.82, 2.24) is 19.9 Å². The normalized spacial score (nSPS) is 13.1. The van der Waals surface area contributed by atoms with Crippen molar-refractivity contribution in [1.29, 1.82) is 0 Å². The molecule has 0 radical (unpaired) electrons. The Hall–Kier alpha value is -7.76. The SMILES string of the molecule is c1ccc(-c2nc(-c3ccccc3)nc(-c3ccc(-c4nc5ccccc5c5c6c(ccc45)C4(c5ccccc5O6)c5ccccc5-c5ccccc54)cc3)n2)cc1. The fourth-order valence-corrected chi connectivity index (χ4v) is 9.28. The second-order valence-corrected chi connectivity index (χ2v) is 14.9. The van der Waals surface area contributed by atoms with Crippen molar-refractivity contribution < 1.29 is 4.74 Å². The van der Waals surface area contributed by atoms with Crippen LogP contribution in [-0.4, -0.2) is 19.9 Å². The number of rotatable bonds is 4. The molecule has 58 heavy (non-hydrogen) atoms. The Morgan fingerprint density at radius 3 is 1.48 bits per heavy atom. The maximum Gasteiger partial charge on any atom is 0.164 e. The minimum absolute atomic E-state index is 0.556. The number of fused-ring (bicyclic) bond motifs is 13. The van der Waals surface area contributed by atoms with Crippen molar-refractivity contribution in [2.24, 2.45) is 0 Å². The second kappa shape index (κ2) is 12.6. The molecule has 12 rings (SSSR count). The molecule has 0 fully saturated rings. The van der Waals surface area contributed by atoms with E-state index in [9.17, 15) is 0 Å². The van der Waals surface area contributed by atoms with Gasteiger partial charge in [-0.2, -0.15) is 0 Å². The number of pyridine rings is 1. The van der Waals surface area contributed by atoms with E-state index in [1.807, 2.05) is 60.7 Å². The van der Waals surface area contributed by atoms with E-state index in [1.165, 1.54) is 22.3 Å². The van der Waals surface area contributed by atoms with Crippen molar-refractivity contribution >= 4 is 21.7 Å². The lowest BCUT2D eigenvalue weighted by Crippen LogP contribution is -2.32. The third-order valence-electron chi connectivity index (χ3n) is 11.8. The van der Waals surface area contributed by atoms with Crippen LogP contribution in [0.15, 0.2) is 194 Å². The smallest absolute Gasteiger partial charge is 0.164 e. The first-order valence-electron chi connectivity index (χ1n) is 19.6. The van der Waals surface area contributed by atoms with Gasteiger partial charge in [-0.1, -0.05) is 182 Å². The van der Waals surface area contributed by atoms with Crippen LogP contribution in [0.4, 0.5) is 0 Å². The Morgan fingerprint density at radius 1 is 0.345 bits per heavy atom. The number of para-hydroxylation sites is 2. The molecule has 0 saturated heterocycles. The standard InChI is InChI=1S/C53H32N4O/c1-3-15-34(16-4-1)50-55-51(35-17-5-2-6-18-35)57-52(56-50)36-29-27-33(28-30-36)48-40-31-32-44-49(47(40)39-21-9-13-25-45(39)54-48)58-46-26-14-12-24-43(46)53(44)41-22-10-7-19-37(41)38-20-8-11-23-42(38)53/h1-32H. The van der Waals surface area contributed by atoms with Gasteiger partial charge in [0.1, 0.15) is 11.5 Å². The quantitative estimate of drug-likeness (QED) is 0.168. The van der Waals surface area contributed by atoms with E-state index >= 15 is 0 Å². The zero-order chi connectivity index (χ0) is 38.2. The van der Waals surface area contributed by atoms with Crippen LogP contribution in [0.1, 0.15) is 22.3 Å². The van der Waals surface area contributed by atoms with Crippen LogP contribution < -0.4 is 4.74 Å². The van der Waals surface area contributed by atoms with E-state index in [2.05, 4.69) is 133 Å². The summed E-state index contributed by atoms with van der Waals surface area (Å²) in [7, 11) is 0. The van der Waals surface area contributed by atoms with E-state index in [-0.39, 0.29) is 0 Å². The highest BCUT2D eigenvalue weighted by Crippen LogP contribution is 2.63. The summed E-state index contributed by atoms with van der Waals surface area (Å²) < 4.78 is 7.13. The molecule has 1 spiro atoms. The summed E-state index contributed by atoms with van der Waals surface area (Å²) >= 11 is 0. The van der Waals surface area contributed by atoms with Crippen molar-refractivity contribution in [2.75, 3.05) is 0 Å². The van der Waals surface area contributed by atoms with Crippen molar-refractivity contribution in [3.63, 3.8) is 0 Å². The predicted octanol–water partition coefficient (Wildman–Crippen LogP) is 12.7. The molecule has 1 aliphatic carbocycles. The first-order valence-corrected chi connectivity index (χ1v) is 19.6. The first-order chi connectivity index (χ1) is 28.8. The average molecular weight is 741 g/mol. The summed E-state index contributed by atoms with van der Waals surface area (Å²) in [4.78, 5) is 20.2. The van der Waals surface area contributed by atoms with E-state index in [0.29, 0.717) is 17.5 Å². The van der Waals surface area contributed by atoms with Crippen LogP contribution in [0.3, 0.4) is 0 Å². The largest absolute Gasteiger partial charge is 0.456 e. The Balaban J connectivity index is 1.06. The van der Waals surface area contributed by atoms with Crippen molar-refractivity contribution in [3.8, 4) is 68.0 Å². The molecule has 270 valence electrons. The number of benzene rings is 8. The Bertz CT molecular complexity index is 3150. The molecule has 2 aromatic heterocycles. The second-order valence-electron chi connectivity index (χ2n) is 14.9. The molecule has 5 nitrogen and oxygen atoms in total. The molecular weight excluding hydrogens is 709 g/mol. The van der Waals surface area contributed by atoms with Gasteiger partial charge in [0.2, 0.25) is 0 Å². The predicted molar refractivity (Wildman–Crippen MR) is 232 cm³/mol. The van der Waals surface area contributed by atoms with Crippen LogP contribution in [0.2, 0.25) is 0 Å². The first kappa shape index (κ1) is 32.5. The molecule has 10 aromatic rings. The average Bonchev–Trinajstić information content (AvgIpc) is 3.59. The van der Waals surface area contributed by atoms with Gasteiger partial charge < -0.3 is 4.74 Å². The van der Waals surface area contributed by atoms with Crippen LogP contribution in [0.5, 0.6) is 11.5 Å². The van der Waals surface area contributed by atoms with Gasteiger partial charge in [-0.05, 0) is 34.4 Å². The summed E-state index contributed by atoms with van der Waals surface area (Å²) in [5.74, 6) is 3.60. The fourth-order valence-electron chi connectivity index (χ4n) is 9.28. The monoisotopic (exact) mass is 740 g/mol. The molecule has 0 bridgehead atoms. The molecule has 8 aromatic carbocycles. The molecule has 0 atom stereocenters. The zero-order valence-corrected chi connectivity index (χ0v) is 31.2. The number of nitrogens with zero attached hydrogens (tertiary/aromatic N) is 4. The summed E-state index contributed by atoms with van der Waals surface area (Å²) in [6.07, 6.45) is 0. The summed E-state index contributed by atoms with van der Waals surface area (Å²) in [5.41, 5.74) is 12.3. The highest BCUT2D eigenvalue weighted by Gasteiger charge is 2.51. The van der Waals surface area contributed by atoms with Crippen LogP contribution in [0, 0.1) is 0 Å². The van der Waals surface area contributed by atoms with Crippen LogP contribution >= 0.6 is 0 Å². The maximum absolute atomic E-state index is 7.13. The van der Waals surface area contributed by atoms with E-state index in [1.54, 1.807) is 0 Å². The maximum atomic E-state index is 7.13. The highest BCUT2D eigenvalue weighted by molar-refractivity contribution is 6.15. The lowest BCUT2D eigenvalue weighted by atomic mass is 9.65. The van der Waals surface area contributed by atoms with Gasteiger partial charge in [0.15, 0.2) is 17.5 Å². The van der Waals surface area contributed by atoms with Crippen LogP contribution in [0.25, 0.3) is 78.2 Å². The van der Waals surface area contributed by atoms with Gasteiger partial charge in [-0.3, -0.25) is 0 Å². The number of aromatic nitrogens is 4. The number of ether oxygens (including phenoxy) is 1. The Labute approximate surface area is 335 Å². The van der Waals surface area contributed by atoms with Gasteiger partial charge in [0, 0.05) is 49.5 Å². The molecule has 5 heteroatoms. The van der Waals surface area contributed by atoms with Gasteiger partial charge in [-0.25, -0.2) is 19.9 Å². The van der Waals surface area contributed by atoms with Crippen molar-refractivity contribution in [3.05, 3.63) is 216 Å². The van der Waals surface area contributed by atoms with E-state index in [4.69, 9.17) is 24.7 Å². The van der Waals surface area contributed by atoms with Gasteiger partial charge in [0.05, 0.1) is 16.6 Å². The van der Waals surface area contributed by atoms with Crippen molar-refractivity contribution in [2.45, 2.75) is 5.41 Å². The van der Waals surface area contributed by atoms with Crippen LogP contribution in [-0.2, 0) is 5.41 Å². The molecule has 1 aliphatic heterocycles.